The van der Waals surface area contributed by atoms with E-state index in [9.17, 15) is 12.6 Å². The minimum Gasteiger partial charge on any atom is -0.398 e. The molecule has 1 aliphatic heterocycles. The molecule has 0 aliphatic carbocycles. The van der Waals surface area contributed by atoms with Gasteiger partial charge >= 0.3 is 0 Å². The van der Waals surface area contributed by atoms with Crippen molar-refractivity contribution in [3.8, 4) is 0 Å². The van der Waals surface area contributed by atoms with Gasteiger partial charge in [-0.2, -0.15) is 0 Å². The molecule has 19 heavy (non-hydrogen) atoms. The number of rotatable bonds is 3. The van der Waals surface area contributed by atoms with Crippen LogP contribution in [0.2, 0.25) is 0 Å². The normalized spacial score (nSPS) is 24.3. The first kappa shape index (κ1) is 15.0. The summed E-state index contributed by atoms with van der Waals surface area (Å²) < 4.78 is 39.1. The third-order valence-corrected chi connectivity index (χ3v) is 6.43. The maximum atomic E-state index is 12.3. The Morgan fingerprint density at radius 3 is 2.58 bits per heavy atom. The van der Waals surface area contributed by atoms with Crippen LogP contribution < -0.4 is 10.5 Å². The SMILES string of the molecule is Nc1ccc(Br)cc1S(=O)(=O)NC1CCS(=O)CC1. The number of halogens is 1. The van der Waals surface area contributed by atoms with E-state index in [1.807, 2.05) is 0 Å². The number of anilines is 1. The molecule has 0 atom stereocenters. The fourth-order valence-electron chi connectivity index (χ4n) is 1.94. The number of nitrogens with one attached hydrogen (secondary N) is 1. The van der Waals surface area contributed by atoms with E-state index in [1.165, 1.54) is 6.07 Å². The average Bonchev–Trinajstić information content (AvgIpc) is 2.35. The van der Waals surface area contributed by atoms with Crippen LogP contribution in [0.1, 0.15) is 12.8 Å². The molecule has 0 saturated carbocycles. The van der Waals surface area contributed by atoms with E-state index in [-0.39, 0.29) is 16.6 Å². The lowest BCUT2D eigenvalue weighted by molar-refractivity contribution is 0.522. The minimum atomic E-state index is -3.63. The summed E-state index contributed by atoms with van der Waals surface area (Å²) in [5.74, 6) is 1.09. The lowest BCUT2D eigenvalue weighted by Crippen LogP contribution is -2.39. The van der Waals surface area contributed by atoms with Crippen molar-refractivity contribution in [1.82, 2.24) is 4.72 Å². The van der Waals surface area contributed by atoms with Gasteiger partial charge in [-0.1, -0.05) is 15.9 Å². The first-order valence-corrected chi connectivity index (χ1v) is 9.57. The van der Waals surface area contributed by atoms with Crippen molar-refractivity contribution in [2.75, 3.05) is 17.2 Å². The Balaban J connectivity index is 2.18. The van der Waals surface area contributed by atoms with Crippen LogP contribution in [-0.2, 0) is 20.8 Å². The van der Waals surface area contributed by atoms with Gasteiger partial charge in [0.25, 0.3) is 0 Å². The van der Waals surface area contributed by atoms with Crippen LogP contribution in [0.15, 0.2) is 27.6 Å². The van der Waals surface area contributed by atoms with Crippen molar-refractivity contribution in [1.29, 1.82) is 0 Å². The number of nitrogens with two attached hydrogens (primary N) is 1. The second-order valence-corrected chi connectivity index (χ2v) is 8.72. The van der Waals surface area contributed by atoms with E-state index >= 15 is 0 Å². The molecule has 0 spiro atoms. The Labute approximate surface area is 123 Å². The Bertz CT molecular complexity index is 594. The van der Waals surface area contributed by atoms with Gasteiger partial charge in [-0.3, -0.25) is 4.21 Å². The van der Waals surface area contributed by atoms with Crippen LogP contribution in [0.5, 0.6) is 0 Å². The fourth-order valence-corrected chi connectivity index (χ4v) is 5.21. The van der Waals surface area contributed by atoms with Crippen LogP contribution in [0.25, 0.3) is 0 Å². The highest BCUT2D eigenvalue weighted by atomic mass is 79.9. The molecule has 2 rings (SSSR count). The van der Waals surface area contributed by atoms with Crippen molar-refractivity contribution in [2.24, 2.45) is 0 Å². The average molecular weight is 367 g/mol. The largest absolute Gasteiger partial charge is 0.398 e. The van der Waals surface area contributed by atoms with Gasteiger partial charge in [-0.25, -0.2) is 13.1 Å². The summed E-state index contributed by atoms with van der Waals surface area (Å²) in [5.41, 5.74) is 5.93. The lowest BCUT2D eigenvalue weighted by atomic mass is 10.2. The van der Waals surface area contributed by atoms with Gasteiger partial charge in [-0.15, -0.1) is 0 Å². The molecule has 0 radical (unpaired) electrons. The van der Waals surface area contributed by atoms with Crippen molar-refractivity contribution in [3.63, 3.8) is 0 Å². The fraction of sp³-hybridized carbons (Fsp3) is 0.455. The molecular formula is C11H15BrN2O3S2. The predicted octanol–water partition coefficient (Wildman–Crippen LogP) is 1.22. The van der Waals surface area contributed by atoms with Crippen molar-refractivity contribution >= 4 is 42.4 Å². The van der Waals surface area contributed by atoms with Gasteiger partial charge < -0.3 is 5.73 Å². The zero-order chi connectivity index (χ0) is 14.0. The van der Waals surface area contributed by atoms with Crippen molar-refractivity contribution in [3.05, 3.63) is 22.7 Å². The summed E-state index contributed by atoms with van der Waals surface area (Å²) in [7, 11) is -4.44. The summed E-state index contributed by atoms with van der Waals surface area (Å²) in [5, 5.41) is 0. The van der Waals surface area contributed by atoms with Gasteiger partial charge in [0.05, 0.1) is 5.69 Å². The molecule has 1 aromatic rings. The zero-order valence-electron chi connectivity index (χ0n) is 10.1. The molecule has 0 amide bonds. The maximum Gasteiger partial charge on any atom is 0.242 e. The summed E-state index contributed by atoms with van der Waals surface area (Å²) in [6.45, 7) is 0. The van der Waals surface area contributed by atoms with E-state index in [4.69, 9.17) is 5.73 Å². The summed E-state index contributed by atoms with van der Waals surface area (Å²) >= 11 is 3.23. The van der Waals surface area contributed by atoms with E-state index in [0.717, 1.165) is 0 Å². The molecule has 5 nitrogen and oxygen atoms in total. The molecule has 106 valence electrons. The molecule has 1 aliphatic rings. The van der Waals surface area contributed by atoms with Gasteiger partial charge in [-0.05, 0) is 31.0 Å². The third-order valence-electron chi connectivity index (χ3n) is 2.97. The Kier molecular flexibility index (Phi) is 4.65. The molecule has 1 fully saturated rings. The number of sulfonamides is 1. The Morgan fingerprint density at radius 1 is 1.32 bits per heavy atom. The molecule has 1 aromatic carbocycles. The number of hydrogen-bond acceptors (Lipinski definition) is 4. The highest BCUT2D eigenvalue weighted by molar-refractivity contribution is 9.10. The highest BCUT2D eigenvalue weighted by Crippen LogP contribution is 2.24. The zero-order valence-corrected chi connectivity index (χ0v) is 13.4. The van der Waals surface area contributed by atoms with E-state index in [2.05, 4.69) is 20.7 Å². The standard InChI is InChI=1S/C11H15BrN2O3S2/c12-8-1-2-10(13)11(7-8)19(16,17)14-9-3-5-18(15)6-4-9/h1-2,7,9,14H,3-6,13H2. The summed E-state index contributed by atoms with van der Waals surface area (Å²) in [6.07, 6.45) is 1.19. The first-order valence-electron chi connectivity index (χ1n) is 5.81. The smallest absolute Gasteiger partial charge is 0.242 e. The number of nitrogen functional groups attached to an aromatic ring is 1. The summed E-state index contributed by atoms with van der Waals surface area (Å²) in [4.78, 5) is 0.0774. The van der Waals surface area contributed by atoms with E-state index < -0.39 is 20.8 Å². The van der Waals surface area contributed by atoms with Crippen molar-refractivity contribution < 1.29 is 12.6 Å². The lowest BCUT2D eigenvalue weighted by Gasteiger charge is -2.22. The van der Waals surface area contributed by atoms with E-state index in [0.29, 0.717) is 28.8 Å². The Morgan fingerprint density at radius 2 is 1.95 bits per heavy atom. The van der Waals surface area contributed by atoms with Crippen LogP contribution >= 0.6 is 15.9 Å². The molecular weight excluding hydrogens is 352 g/mol. The topological polar surface area (TPSA) is 89.3 Å². The van der Waals surface area contributed by atoms with Crippen LogP contribution in [0.3, 0.4) is 0 Å². The predicted molar refractivity (Wildman–Crippen MR) is 79.8 cm³/mol. The van der Waals surface area contributed by atoms with Gasteiger partial charge in [0, 0.05) is 32.8 Å². The second kappa shape index (κ2) is 5.90. The van der Waals surface area contributed by atoms with Gasteiger partial charge in [0.1, 0.15) is 4.90 Å². The van der Waals surface area contributed by atoms with Crippen LogP contribution in [0.4, 0.5) is 5.69 Å². The molecule has 0 unspecified atom stereocenters. The molecule has 0 aromatic heterocycles. The van der Waals surface area contributed by atoms with Gasteiger partial charge in [0.15, 0.2) is 0 Å². The highest BCUT2D eigenvalue weighted by Gasteiger charge is 2.25. The number of hydrogen-bond donors (Lipinski definition) is 2. The van der Waals surface area contributed by atoms with E-state index in [1.54, 1.807) is 12.1 Å². The maximum absolute atomic E-state index is 12.3. The first-order chi connectivity index (χ1) is 8.88. The summed E-state index contributed by atoms with van der Waals surface area (Å²) in [6, 6.07) is 4.56. The van der Waals surface area contributed by atoms with Crippen LogP contribution in [0, 0.1) is 0 Å². The molecule has 8 heteroatoms. The van der Waals surface area contributed by atoms with Gasteiger partial charge in [0.2, 0.25) is 10.0 Å². The quantitative estimate of drug-likeness (QED) is 0.787. The molecule has 0 bridgehead atoms. The Hall–Kier alpha value is -0.440. The third kappa shape index (κ3) is 3.77. The minimum absolute atomic E-state index is 0.0774. The molecule has 1 saturated heterocycles. The molecule has 3 N–H and O–H groups in total. The monoisotopic (exact) mass is 366 g/mol. The van der Waals surface area contributed by atoms with Crippen LogP contribution in [-0.4, -0.2) is 30.2 Å². The second-order valence-electron chi connectivity index (χ2n) is 4.43. The molecule has 1 heterocycles. The van der Waals surface area contributed by atoms with Crippen molar-refractivity contribution in [2.45, 2.75) is 23.8 Å². The number of benzene rings is 1.